The van der Waals surface area contributed by atoms with Crippen LogP contribution in [0.5, 0.6) is 0 Å². The van der Waals surface area contributed by atoms with Crippen molar-refractivity contribution in [2.75, 3.05) is 6.54 Å². The van der Waals surface area contributed by atoms with Gasteiger partial charge >= 0.3 is 5.97 Å². The van der Waals surface area contributed by atoms with E-state index < -0.39 is 17.6 Å². The lowest BCUT2D eigenvalue weighted by atomic mass is 9.87. The number of alkyl halides is 1. The van der Waals surface area contributed by atoms with Gasteiger partial charge in [0.25, 0.3) is 0 Å². The molecule has 1 aliphatic carbocycles. The third-order valence-corrected chi connectivity index (χ3v) is 2.39. The van der Waals surface area contributed by atoms with E-state index in [-0.39, 0.29) is 13.0 Å². The number of carboxylic acid groups (broad SMARTS) is 1. The maximum Gasteiger partial charge on any atom is 0.311 e. The quantitative estimate of drug-likeness (QED) is 0.621. The third kappa shape index (κ3) is 1.35. The Balaban J connectivity index is 2.70. The molecule has 0 saturated heterocycles. The molecule has 4 heteroatoms. The molecule has 0 radical (unpaired) electrons. The highest BCUT2D eigenvalue weighted by Gasteiger charge is 2.44. The maximum absolute atomic E-state index is 12.6. The number of hydrogen-bond acceptors (Lipinski definition) is 2. The van der Waals surface area contributed by atoms with Gasteiger partial charge in [0, 0.05) is 6.54 Å². The average molecular weight is 161 g/mol. The van der Waals surface area contributed by atoms with Gasteiger partial charge in [-0.3, -0.25) is 4.79 Å². The zero-order valence-corrected chi connectivity index (χ0v) is 6.22. The summed E-state index contributed by atoms with van der Waals surface area (Å²) in [6.07, 6.45) is -0.183. The van der Waals surface area contributed by atoms with E-state index >= 15 is 0 Å². The van der Waals surface area contributed by atoms with Crippen molar-refractivity contribution in [3.05, 3.63) is 0 Å². The van der Waals surface area contributed by atoms with Gasteiger partial charge in [-0.25, -0.2) is 4.39 Å². The van der Waals surface area contributed by atoms with Crippen LogP contribution in [0, 0.1) is 5.41 Å². The number of aliphatic carboxylic acids is 1. The molecular weight excluding hydrogens is 149 g/mol. The summed E-state index contributed by atoms with van der Waals surface area (Å²) in [6.45, 7) is 0.0444. The van der Waals surface area contributed by atoms with E-state index in [0.29, 0.717) is 12.8 Å². The lowest BCUT2D eigenvalue weighted by Crippen LogP contribution is -2.36. The van der Waals surface area contributed by atoms with Gasteiger partial charge in [-0.05, 0) is 19.3 Å². The molecule has 1 saturated carbocycles. The summed E-state index contributed by atoms with van der Waals surface area (Å²) in [6, 6.07) is 0. The highest BCUT2D eigenvalue weighted by Crippen LogP contribution is 2.38. The van der Waals surface area contributed by atoms with Crippen LogP contribution in [0.15, 0.2) is 0 Å². The van der Waals surface area contributed by atoms with Crippen molar-refractivity contribution < 1.29 is 14.3 Å². The molecule has 3 nitrogen and oxygen atoms in total. The Morgan fingerprint density at radius 3 is 2.64 bits per heavy atom. The van der Waals surface area contributed by atoms with Crippen molar-refractivity contribution in [3.8, 4) is 0 Å². The van der Waals surface area contributed by atoms with Gasteiger partial charge in [0.15, 0.2) is 0 Å². The van der Waals surface area contributed by atoms with E-state index in [1.807, 2.05) is 0 Å². The summed E-state index contributed by atoms with van der Waals surface area (Å²) < 4.78 is 12.6. The first kappa shape index (κ1) is 8.46. The average Bonchev–Trinajstić information content (AvgIpc) is 2.33. The monoisotopic (exact) mass is 161 g/mol. The Morgan fingerprint density at radius 1 is 1.82 bits per heavy atom. The van der Waals surface area contributed by atoms with E-state index in [0.717, 1.165) is 0 Å². The molecule has 3 N–H and O–H groups in total. The van der Waals surface area contributed by atoms with Crippen LogP contribution in [0.1, 0.15) is 19.3 Å². The summed E-state index contributed by atoms with van der Waals surface area (Å²) in [7, 11) is 0. The highest BCUT2D eigenvalue weighted by atomic mass is 19.1. The van der Waals surface area contributed by atoms with Gasteiger partial charge in [0.1, 0.15) is 6.17 Å². The normalized spacial score (nSPS) is 37.5. The van der Waals surface area contributed by atoms with Crippen LogP contribution in [0.2, 0.25) is 0 Å². The van der Waals surface area contributed by atoms with Crippen molar-refractivity contribution in [3.63, 3.8) is 0 Å². The SMILES string of the molecule is NCC1(C(=O)O)CCC(F)C1. The topological polar surface area (TPSA) is 63.3 Å². The lowest BCUT2D eigenvalue weighted by molar-refractivity contribution is -0.148. The molecule has 0 aromatic carbocycles. The minimum Gasteiger partial charge on any atom is -0.481 e. The summed E-state index contributed by atoms with van der Waals surface area (Å²) in [4.78, 5) is 10.7. The largest absolute Gasteiger partial charge is 0.481 e. The van der Waals surface area contributed by atoms with Crippen LogP contribution in [-0.2, 0) is 4.79 Å². The van der Waals surface area contributed by atoms with Crippen LogP contribution < -0.4 is 5.73 Å². The molecule has 1 fully saturated rings. The predicted molar refractivity (Wildman–Crippen MR) is 37.9 cm³/mol. The fourth-order valence-electron chi connectivity index (χ4n) is 1.53. The number of hydrogen-bond donors (Lipinski definition) is 2. The van der Waals surface area contributed by atoms with Gasteiger partial charge in [-0.15, -0.1) is 0 Å². The Labute approximate surface area is 64.4 Å². The first-order valence-corrected chi connectivity index (χ1v) is 3.68. The molecule has 2 atom stereocenters. The number of halogens is 1. The molecule has 11 heavy (non-hydrogen) atoms. The first-order valence-electron chi connectivity index (χ1n) is 3.68. The van der Waals surface area contributed by atoms with Crippen LogP contribution in [0.3, 0.4) is 0 Å². The third-order valence-electron chi connectivity index (χ3n) is 2.39. The molecule has 0 aliphatic heterocycles. The summed E-state index contributed by atoms with van der Waals surface area (Å²) in [5.41, 5.74) is 4.31. The van der Waals surface area contributed by atoms with Crippen LogP contribution in [0.4, 0.5) is 4.39 Å². The van der Waals surface area contributed by atoms with E-state index in [1.165, 1.54) is 0 Å². The Kier molecular flexibility index (Phi) is 2.13. The van der Waals surface area contributed by atoms with Gasteiger partial charge in [0.05, 0.1) is 5.41 Å². The molecular formula is C7H12FNO2. The van der Waals surface area contributed by atoms with Gasteiger partial charge in [0.2, 0.25) is 0 Å². The van der Waals surface area contributed by atoms with E-state index in [4.69, 9.17) is 10.8 Å². The molecule has 0 amide bonds. The fourth-order valence-corrected chi connectivity index (χ4v) is 1.53. The number of nitrogens with two attached hydrogens (primary N) is 1. The minimum atomic E-state index is -0.977. The Hall–Kier alpha value is -0.640. The standard InChI is InChI=1S/C7H12FNO2/c8-5-1-2-7(3-5,4-9)6(10)11/h5H,1-4,9H2,(H,10,11). The Bertz CT molecular complexity index is 174. The van der Waals surface area contributed by atoms with Crippen molar-refractivity contribution in [1.82, 2.24) is 0 Å². The molecule has 1 aliphatic rings. The van der Waals surface area contributed by atoms with Crippen molar-refractivity contribution in [2.24, 2.45) is 11.1 Å². The molecule has 0 spiro atoms. The number of rotatable bonds is 2. The molecule has 0 bridgehead atoms. The van der Waals surface area contributed by atoms with E-state index in [9.17, 15) is 9.18 Å². The zero-order chi connectivity index (χ0) is 8.48. The molecule has 0 aromatic heterocycles. The molecule has 1 rings (SSSR count). The van der Waals surface area contributed by atoms with Crippen molar-refractivity contribution in [1.29, 1.82) is 0 Å². The van der Waals surface area contributed by atoms with Crippen LogP contribution >= 0.6 is 0 Å². The van der Waals surface area contributed by atoms with Gasteiger partial charge in [-0.2, -0.15) is 0 Å². The van der Waals surface area contributed by atoms with Gasteiger partial charge in [-0.1, -0.05) is 0 Å². The summed E-state index contributed by atoms with van der Waals surface area (Å²) in [5.74, 6) is -0.958. The molecule has 2 unspecified atom stereocenters. The maximum atomic E-state index is 12.6. The second kappa shape index (κ2) is 2.77. The highest BCUT2D eigenvalue weighted by molar-refractivity contribution is 5.75. The smallest absolute Gasteiger partial charge is 0.311 e. The fraction of sp³-hybridized carbons (Fsp3) is 0.857. The zero-order valence-electron chi connectivity index (χ0n) is 6.22. The molecule has 0 aromatic rings. The first-order chi connectivity index (χ1) is 5.10. The van der Waals surface area contributed by atoms with Crippen LogP contribution in [0.25, 0.3) is 0 Å². The van der Waals surface area contributed by atoms with Crippen LogP contribution in [-0.4, -0.2) is 23.8 Å². The van der Waals surface area contributed by atoms with Crippen molar-refractivity contribution >= 4 is 5.97 Å². The second-order valence-corrected chi connectivity index (χ2v) is 3.13. The molecule has 64 valence electrons. The lowest BCUT2D eigenvalue weighted by Gasteiger charge is -2.20. The minimum absolute atomic E-state index is 0.0444. The predicted octanol–water partition coefficient (Wildman–Crippen LogP) is 0.538. The number of carbonyl (C=O) groups is 1. The second-order valence-electron chi connectivity index (χ2n) is 3.13. The molecule has 0 heterocycles. The Morgan fingerprint density at radius 2 is 2.45 bits per heavy atom. The summed E-state index contributed by atoms with van der Waals surface area (Å²) >= 11 is 0. The van der Waals surface area contributed by atoms with E-state index in [1.54, 1.807) is 0 Å². The van der Waals surface area contributed by atoms with E-state index in [2.05, 4.69) is 0 Å². The number of carboxylic acids is 1. The summed E-state index contributed by atoms with van der Waals surface area (Å²) in [5, 5.41) is 8.73. The van der Waals surface area contributed by atoms with Gasteiger partial charge < -0.3 is 10.8 Å². The van der Waals surface area contributed by atoms with Crippen molar-refractivity contribution in [2.45, 2.75) is 25.4 Å².